The van der Waals surface area contributed by atoms with Crippen molar-refractivity contribution in [2.24, 2.45) is 0 Å². The first kappa shape index (κ1) is 20.3. The van der Waals surface area contributed by atoms with E-state index in [1.54, 1.807) is 19.1 Å². The number of benzene rings is 1. The average Bonchev–Trinajstić information content (AvgIpc) is 3.30. The van der Waals surface area contributed by atoms with Crippen LogP contribution < -0.4 is 15.9 Å². The van der Waals surface area contributed by atoms with E-state index in [9.17, 15) is 13.6 Å². The summed E-state index contributed by atoms with van der Waals surface area (Å²) < 4.78 is 35.5. The molecule has 1 saturated heterocycles. The van der Waals surface area contributed by atoms with E-state index in [2.05, 4.69) is 20.3 Å². The molecule has 3 N–H and O–H groups in total. The lowest BCUT2D eigenvalue weighted by atomic mass is 10.2. The van der Waals surface area contributed by atoms with E-state index >= 15 is 0 Å². The minimum absolute atomic E-state index is 0.0352. The molecule has 0 bridgehead atoms. The molecule has 2 atom stereocenters. The predicted octanol–water partition coefficient (Wildman–Crippen LogP) is 2.04. The number of hydrogen-bond donors (Lipinski definition) is 2. The predicted molar refractivity (Wildman–Crippen MR) is 99.5 cm³/mol. The van der Waals surface area contributed by atoms with Gasteiger partial charge in [-0.3, -0.25) is 4.79 Å². The number of thioether (sulfide) groups is 1. The molecule has 1 aromatic carbocycles. The van der Waals surface area contributed by atoms with Crippen molar-refractivity contribution in [3.05, 3.63) is 24.3 Å². The molecule has 0 saturated carbocycles. The fraction of sp³-hybridized carbons (Fsp3) is 0.471. The Morgan fingerprint density at radius 3 is 2.82 bits per heavy atom. The zero-order valence-corrected chi connectivity index (χ0v) is 16.0. The summed E-state index contributed by atoms with van der Waals surface area (Å²) in [7, 11) is 0. The Labute approximate surface area is 164 Å². The lowest BCUT2D eigenvalue weighted by molar-refractivity contribution is -0.120. The lowest BCUT2D eigenvalue weighted by Gasteiger charge is -2.14. The number of carbonyl (C=O) groups is 1. The standard InChI is InChI=1S/C17H21F2N5O3S/c1-10(15(25)21-9-13-3-2-8-26-13)28-17-23-22-14(24(17)20)11-4-6-12(7-5-11)27-16(18)19/h4-7,10,13,16H,2-3,8-9,20H2,1H3,(H,21,25)/t10-,13+/m1/s1. The van der Waals surface area contributed by atoms with Gasteiger partial charge in [-0.15, -0.1) is 10.2 Å². The third kappa shape index (κ3) is 5.10. The third-order valence-corrected chi connectivity index (χ3v) is 5.24. The normalized spacial score (nSPS) is 17.6. The van der Waals surface area contributed by atoms with Crippen LogP contribution in [0.25, 0.3) is 11.4 Å². The summed E-state index contributed by atoms with van der Waals surface area (Å²) in [5, 5.41) is 10.8. The molecule has 0 radical (unpaired) electrons. The second kappa shape index (κ2) is 9.20. The minimum Gasteiger partial charge on any atom is -0.435 e. The van der Waals surface area contributed by atoms with Gasteiger partial charge in [0.25, 0.3) is 0 Å². The Morgan fingerprint density at radius 2 is 2.18 bits per heavy atom. The van der Waals surface area contributed by atoms with Crippen LogP contribution >= 0.6 is 11.8 Å². The minimum atomic E-state index is -2.89. The number of nitrogens with two attached hydrogens (primary N) is 1. The van der Waals surface area contributed by atoms with Crippen molar-refractivity contribution in [3.8, 4) is 17.1 Å². The van der Waals surface area contributed by atoms with E-state index in [-0.39, 0.29) is 17.8 Å². The van der Waals surface area contributed by atoms with Gasteiger partial charge in [-0.25, -0.2) is 4.68 Å². The molecule has 1 aromatic heterocycles. The molecule has 1 aliphatic rings. The van der Waals surface area contributed by atoms with Crippen LogP contribution in [-0.2, 0) is 9.53 Å². The Morgan fingerprint density at radius 1 is 1.43 bits per heavy atom. The highest BCUT2D eigenvalue weighted by Crippen LogP contribution is 2.26. The van der Waals surface area contributed by atoms with Crippen molar-refractivity contribution in [3.63, 3.8) is 0 Å². The molecule has 2 heterocycles. The number of aromatic nitrogens is 3. The number of rotatable bonds is 8. The highest BCUT2D eigenvalue weighted by molar-refractivity contribution is 8.00. The summed E-state index contributed by atoms with van der Waals surface area (Å²) in [6, 6.07) is 5.89. The van der Waals surface area contributed by atoms with Crippen LogP contribution in [0.4, 0.5) is 8.78 Å². The highest BCUT2D eigenvalue weighted by Gasteiger charge is 2.22. The van der Waals surface area contributed by atoms with E-state index in [0.717, 1.165) is 19.4 Å². The van der Waals surface area contributed by atoms with E-state index < -0.39 is 11.9 Å². The number of nitrogens with zero attached hydrogens (tertiary/aromatic N) is 3. The first-order valence-electron chi connectivity index (χ1n) is 8.75. The van der Waals surface area contributed by atoms with Crippen molar-refractivity contribution in [2.45, 2.75) is 42.9 Å². The molecule has 0 unspecified atom stereocenters. The van der Waals surface area contributed by atoms with E-state index in [1.807, 2.05) is 0 Å². The molecule has 1 aliphatic heterocycles. The van der Waals surface area contributed by atoms with E-state index in [1.165, 1.54) is 28.6 Å². The number of nitrogens with one attached hydrogen (secondary N) is 1. The van der Waals surface area contributed by atoms with E-state index in [0.29, 0.717) is 23.1 Å². The molecule has 0 aliphatic carbocycles. The van der Waals surface area contributed by atoms with Crippen molar-refractivity contribution in [1.82, 2.24) is 20.2 Å². The van der Waals surface area contributed by atoms with Crippen LogP contribution in [0.2, 0.25) is 0 Å². The first-order chi connectivity index (χ1) is 13.4. The van der Waals surface area contributed by atoms with Gasteiger partial charge in [0.1, 0.15) is 5.75 Å². The van der Waals surface area contributed by atoms with Gasteiger partial charge in [0.2, 0.25) is 11.1 Å². The number of ether oxygens (including phenoxy) is 2. The zero-order chi connectivity index (χ0) is 20.1. The molecule has 11 heteroatoms. The van der Waals surface area contributed by atoms with Gasteiger partial charge >= 0.3 is 6.61 Å². The molecule has 2 aromatic rings. The van der Waals surface area contributed by atoms with Crippen LogP contribution in [0, 0.1) is 0 Å². The lowest BCUT2D eigenvalue weighted by Crippen LogP contribution is -2.36. The van der Waals surface area contributed by atoms with Gasteiger partial charge in [0.15, 0.2) is 5.82 Å². The van der Waals surface area contributed by atoms with Crippen LogP contribution in [0.1, 0.15) is 19.8 Å². The molecule has 0 spiro atoms. The fourth-order valence-corrected chi connectivity index (χ4v) is 3.51. The maximum atomic E-state index is 12.3. The quantitative estimate of drug-likeness (QED) is 0.504. The Hall–Kier alpha value is -2.40. The summed E-state index contributed by atoms with van der Waals surface area (Å²) in [4.78, 5) is 12.3. The van der Waals surface area contributed by atoms with Gasteiger partial charge in [-0.05, 0) is 44.0 Å². The molecule has 152 valence electrons. The molecule has 1 fully saturated rings. The van der Waals surface area contributed by atoms with Gasteiger partial charge in [-0.2, -0.15) is 8.78 Å². The smallest absolute Gasteiger partial charge is 0.387 e. The topological polar surface area (TPSA) is 104 Å². The number of carbonyl (C=O) groups excluding carboxylic acids is 1. The third-order valence-electron chi connectivity index (χ3n) is 4.18. The summed E-state index contributed by atoms with van der Waals surface area (Å²) in [5.74, 6) is 6.28. The van der Waals surface area contributed by atoms with Crippen LogP contribution in [-0.4, -0.2) is 51.9 Å². The van der Waals surface area contributed by atoms with Gasteiger partial charge in [-0.1, -0.05) is 11.8 Å². The fourth-order valence-electron chi connectivity index (χ4n) is 2.71. The van der Waals surface area contributed by atoms with Crippen molar-refractivity contribution in [1.29, 1.82) is 0 Å². The summed E-state index contributed by atoms with van der Waals surface area (Å²) in [5.41, 5.74) is 0.582. The zero-order valence-electron chi connectivity index (χ0n) is 15.2. The molecule has 3 rings (SSSR count). The Balaban J connectivity index is 1.59. The maximum Gasteiger partial charge on any atom is 0.387 e. The average molecular weight is 413 g/mol. The number of nitrogen functional groups attached to an aromatic ring is 1. The molecule has 1 amide bonds. The second-order valence-electron chi connectivity index (χ2n) is 6.22. The van der Waals surface area contributed by atoms with Crippen LogP contribution in [0.3, 0.4) is 0 Å². The SMILES string of the molecule is C[C@@H](Sc1nnc(-c2ccc(OC(F)F)cc2)n1N)C(=O)NC[C@@H]1CCCO1. The molecular weight excluding hydrogens is 392 g/mol. The van der Waals surface area contributed by atoms with Gasteiger partial charge < -0.3 is 20.6 Å². The van der Waals surface area contributed by atoms with Crippen molar-refractivity contribution in [2.75, 3.05) is 19.0 Å². The number of alkyl halides is 2. The monoisotopic (exact) mass is 413 g/mol. The molecule has 28 heavy (non-hydrogen) atoms. The van der Waals surface area contributed by atoms with E-state index in [4.69, 9.17) is 10.6 Å². The molecular formula is C17H21F2N5O3S. The maximum absolute atomic E-state index is 12.3. The molecule has 8 nitrogen and oxygen atoms in total. The Kier molecular flexibility index (Phi) is 6.68. The number of hydrogen-bond acceptors (Lipinski definition) is 7. The largest absolute Gasteiger partial charge is 0.435 e. The van der Waals surface area contributed by atoms with Crippen LogP contribution in [0.5, 0.6) is 5.75 Å². The number of halogens is 2. The summed E-state index contributed by atoms with van der Waals surface area (Å²) >= 11 is 1.18. The number of amides is 1. The first-order valence-corrected chi connectivity index (χ1v) is 9.63. The van der Waals surface area contributed by atoms with Gasteiger partial charge in [0.05, 0.1) is 11.4 Å². The second-order valence-corrected chi connectivity index (χ2v) is 7.53. The van der Waals surface area contributed by atoms with Crippen molar-refractivity contribution >= 4 is 17.7 Å². The van der Waals surface area contributed by atoms with Gasteiger partial charge in [0, 0.05) is 18.7 Å². The summed E-state index contributed by atoms with van der Waals surface area (Å²) in [6.07, 6.45) is 2.03. The Bertz CT molecular complexity index is 797. The summed E-state index contributed by atoms with van der Waals surface area (Å²) in [6.45, 7) is 0.0801. The highest BCUT2D eigenvalue weighted by atomic mass is 32.2. The van der Waals surface area contributed by atoms with Crippen LogP contribution in [0.15, 0.2) is 29.4 Å². The van der Waals surface area contributed by atoms with Crippen molar-refractivity contribution < 1.29 is 23.0 Å².